The molecule has 3 rings (SSSR count). The number of anilines is 2. The standard InChI is InChI=1S/C19H24N2/c1-15-9-5-7-11-17(15)20-13-19(3,4)21(14-20)18-12-8-6-10-16(18)2/h5-12H,13-14H2,1-4H3. The Labute approximate surface area is 128 Å². The van der Waals surface area contributed by atoms with Crippen molar-refractivity contribution in [3.8, 4) is 0 Å². The average Bonchev–Trinajstić information content (AvgIpc) is 2.75. The monoisotopic (exact) mass is 280 g/mol. The Kier molecular flexibility index (Phi) is 3.40. The quantitative estimate of drug-likeness (QED) is 0.806. The third kappa shape index (κ3) is 2.51. The van der Waals surface area contributed by atoms with E-state index in [2.05, 4.69) is 86.0 Å². The molecule has 0 radical (unpaired) electrons. The van der Waals surface area contributed by atoms with Gasteiger partial charge in [0, 0.05) is 17.9 Å². The number of rotatable bonds is 2. The second kappa shape index (κ2) is 5.10. The Balaban J connectivity index is 1.95. The van der Waals surface area contributed by atoms with E-state index in [9.17, 15) is 0 Å². The summed E-state index contributed by atoms with van der Waals surface area (Å²) >= 11 is 0. The van der Waals surface area contributed by atoms with E-state index in [0.29, 0.717) is 0 Å². The van der Waals surface area contributed by atoms with E-state index in [1.165, 1.54) is 22.5 Å². The van der Waals surface area contributed by atoms with Crippen LogP contribution >= 0.6 is 0 Å². The van der Waals surface area contributed by atoms with Crippen molar-refractivity contribution in [1.29, 1.82) is 0 Å². The summed E-state index contributed by atoms with van der Waals surface area (Å²) < 4.78 is 0. The first kappa shape index (κ1) is 14.0. The molecule has 2 heteroatoms. The van der Waals surface area contributed by atoms with Crippen molar-refractivity contribution in [2.45, 2.75) is 33.2 Å². The van der Waals surface area contributed by atoms with Crippen LogP contribution in [0, 0.1) is 13.8 Å². The zero-order valence-corrected chi connectivity index (χ0v) is 13.4. The number of hydrogen-bond donors (Lipinski definition) is 0. The van der Waals surface area contributed by atoms with Gasteiger partial charge in [0.05, 0.1) is 12.2 Å². The number of benzene rings is 2. The van der Waals surface area contributed by atoms with Crippen LogP contribution in [0.2, 0.25) is 0 Å². The molecular formula is C19H24N2. The third-order valence-electron chi connectivity index (χ3n) is 4.48. The summed E-state index contributed by atoms with van der Waals surface area (Å²) in [4.78, 5) is 5.01. The summed E-state index contributed by atoms with van der Waals surface area (Å²) in [5, 5.41) is 0. The third-order valence-corrected chi connectivity index (χ3v) is 4.48. The molecule has 0 N–H and O–H groups in total. The predicted molar refractivity (Wildman–Crippen MR) is 91.1 cm³/mol. The minimum atomic E-state index is 0.133. The Morgan fingerprint density at radius 1 is 0.810 bits per heavy atom. The van der Waals surface area contributed by atoms with Crippen molar-refractivity contribution in [2.75, 3.05) is 23.0 Å². The van der Waals surface area contributed by atoms with Crippen molar-refractivity contribution < 1.29 is 0 Å². The van der Waals surface area contributed by atoms with E-state index in [-0.39, 0.29) is 5.54 Å². The van der Waals surface area contributed by atoms with Gasteiger partial charge in [0.25, 0.3) is 0 Å². The van der Waals surface area contributed by atoms with Crippen molar-refractivity contribution in [3.05, 3.63) is 59.7 Å². The molecular weight excluding hydrogens is 256 g/mol. The molecule has 1 saturated heterocycles. The van der Waals surface area contributed by atoms with E-state index in [1.54, 1.807) is 0 Å². The highest BCUT2D eigenvalue weighted by molar-refractivity contribution is 5.62. The van der Waals surface area contributed by atoms with Gasteiger partial charge in [-0.05, 0) is 51.0 Å². The lowest BCUT2D eigenvalue weighted by molar-refractivity contribution is 0.552. The zero-order chi connectivity index (χ0) is 15.0. The molecule has 0 amide bonds. The van der Waals surface area contributed by atoms with Crippen molar-refractivity contribution >= 4 is 11.4 Å². The summed E-state index contributed by atoms with van der Waals surface area (Å²) in [6.07, 6.45) is 0. The van der Waals surface area contributed by atoms with Crippen LogP contribution in [-0.4, -0.2) is 18.8 Å². The maximum atomic E-state index is 2.52. The Morgan fingerprint density at radius 2 is 1.33 bits per heavy atom. The van der Waals surface area contributed by atoms with E-state index >= 15 is 0 Å². The fourth-order valence-corrected chi connectivity index (χ4v) is 3.31. The maximum absolute atomic E-state index is 2.52. The molecule has 0 atom stereocenters. The van der Waals surface area contributed by atoms with Gasteiger partial charge in [-0.25, -0.2) is 0 Å². The molecule has 0 aromatic heterocycles. The fourth-order valence-electron chi connectivity index (χ4n) is 3.31. The second-order valence-electron chi connectivity index (χ2n) is 6.65. The van der Waals surface area contributed by atoms with Crippen LogP contribution in [0.3, 0.4) is 0 Å². The van der Waals surface area contributed by atoms with E-state index in [1.807, 2.05) is 0 Å². The Hall–Kier alpha value is -1.96. The topological polar surface area (TPSA) is 6.48 Å². The molecule has 2 aromatic carbocycles. The lowest BCUT2D eigenvalue weighted by atomic mass is 10.0. The highest BCUT2D eigenvalue weighted by Gasteiger charge is 2.38. The molecule has 0 spiro atoms. The van der Waals surface area contributed by atoms with Crippen LogP contribution in [0.15, 0.2) is 48.5 Å². The molecule has 2 aromatic rings. The number of para-hydroxylation sites is 2. The molecule has 2 nitrogen and oxygen atoms in total. The van der Waals surface area contributed by atoms with Gasteiger partial charge in [0.2, 0.25) is 0 Å². The van der Waals surface area contributed by atoms with Crippen molar-refractivity contribution in [1.82, 2.24) is 0 Å². The van der Waals surface area contributed by atoms with Crippen LogP contribution in [0.1, 0.15) is 25.0 Å². The summed E-state index contributed by atoms with van der Waals surface area (Å²) in [5.74, 6) is 0. The summed E-state index contributed by atoms with van der Waals surface area (Å²) in [6.45, 7) is 11.0. The van der Waals surface area contributed by atoms with Gasteiger partial charge in [0.15, 0.2) is 0 Å². The van der Waals surface area contributed by atoms with Crippen LogP contribution in [0.4, 0.5) is 11.4 Å². The van der Waals surface area contributed by atoms with Gasteiger partial charge in [-0.15, -0.1) is 0 Å². The van der Waals surface area contributed by atoms with E-state index < -0.39 is 0 Å². The molecule has 1 heterocycles. The molecule has 1 fully saturated rings. The van der Waals surface area contributed by atoms with Gasteiger partial charge in [0.1, 0.15) is 0 Å². The predicted octanol–water partition coefficient (Wildman–Crippen LogP) is 4.37. The van der Waals surface area contributed by atoms with Gasteiger partial charge in [-0.1, -0.05) is 36.4 Å². The van der Waals surface area contributed by atoms with Gasteiger partial charge >= 0.3 is 0 Å². The highest BCUT2D eigenvalue weighted by atomic mass is 15.4. The molecule has 110 valence electrons. The van der Waals surface area contributed by atoms with Gasteiger partial charge < -0.3 is 9.80 Å². The van der Waals surface area contributed by atoms with Gasteiger partial charge in [-0.3, -0.25) is 0 Å². The number of nitrogens with zero attached hydrogens (tertiary/aromatic N) is 2. The summed E-state index contributed by atoms with van der Waals surface area (Å²) in [7, 11) is 0. The highest BCUT2D eigenvalue weighted by Crippen LogP contribution is 2.35. The lowest BCUT2D eigenvalue weighted by Crippen LogP contribution is -2.40. The second-order valence-corrected chi connectivity index (χ2v) is 6.65. The summed E-state index contributed by atoms with van der Waals surface area (Å²) in [5.41, 5.74) is 5.52. The molecule has 1 aliphatic rings. The zero-order valence-electron chi connectivity index (χ0n) is 13.4. The fraction of sp³-hybridized carbons (Fsp3) is 0.368. The first-order chi connectivity index (χ1) is 9.99. The lowest BCUT2D eigenvalue weighted by Gasteiger charge is -2.32. The maximum Gasteiger partial charge on any atom is 0.0910 e. The van der Waals surface area contributed by atoms with E-state index in [0.717, 1.165) is 13.2 Å². The first-order valence-corrected chi connectivity index (χ1v) is 7.63. The van der Waals surface area contributed by atoms with Crippen LogP contribution in [0.25, 0.3) is 0 Å². The smallest absolute Gasteiger partial charge is 0.0910 e. The van der Waals surface area contributed by atoms with Crippen molar-refractivity contribution in [2.24, 2.45) is 0 Å². The van der Waals surface area contributed by atoms with Gasteiger partial charge in [-0.2, -0.15) is 0 Å². The summed E-state index contributed by atoms with van der Waals surface area (Å²) in [6, 6.07) is 17.3. The minimum Gasteiger partial charge on any atom is -0.351 e. The molecule has 0 unspecified atom stereocenters. The normalized spacial score (nSPS) is 17.3. The molecule has 0 aliphatic carbocycles. The van der Waals surface area contributed by atoms with Crippen LogP contribution < -0.4 is 9.80 Å². The number of aryl methyl sites for hydroxylation is 2. The molecule has 21 heavy (non-hydrogen) atoms. The average molecular weight is 280 g/mol. The largest absolute Gasteiger partial charge is 0.351 e. The SMILES string of the molecule is Cc1ccccc1N1CN(c2ccccc2C)C(C)(C)C1. The minimum absolute atomic E-state index is 0.133. The Bertz CT molecular complexity index is 646. The first-order valence-electron chi connectivity index (χ1n) is 7.63. The molecule has 1 aliphatic heterocycles. The Morgan fingerprint density at radius 3 is 1.90 bits per heavy atom. The number of hydrogen-bond acceptors (Lipinski definition) is 2. The molecule has 0 saturated carbocycles. The van der Waals surface area contributed by atoms with E-state index in [4.69, 9.17) is 0 Å². The van der Waals surface area contributed by atoms with Crippen molar-refractivity contribution in [3.63, 3.8) is 0 Å². The van der Waals surface area contributed by atoms with Crippen LogP contribution in [0.5, 0.6) is 0 Å². The van der Waals surface area contributed by atoms with Crippen LogP contribution in [-0.2, 0) is 0 Å². The molecule has 0 bridgehead atoms.